The van der Waals surface area contributed by atoms with Crippen LogP contribution in [0.5, 0.6) is 23.0 Å². The number of para-hydroxylation sites is 1. The number of hydrogen-bond donors (Lipinski definition) is 1. The molecule has 0 amide bonds. The van der Waals surface area contributed by atoms with Gasteiger partial charge in [0, 0.05) is 25.2 Å². The van der Waals surface area contributed by atoms with Gasteiger partial charge in [-0.2, -0.15) is 0 Å². The smallest absolute Gasteiger partial charge is 0.231 e. The number of aliphatic hydroxyl groups is 1. The van der Waals surface area contributed by atoms with Crippen molar-refractivity contribution in [3.8, 4) is 23.0 Å². The van der Waals surface area contributed by atoms with Crippen molar-refractivity contribution in [2.45, 2.75) is 25.8 Å². The first-order chi connectivity index (χ1) is 16.7. The summed E-state index contributed by atoms with van der Waals surface area (Å²) in [5, 5.41) is 10.8. The maximum atomic E-state index is 10.8. The second kappa shape index (κ2) is 11.7. The van der Waals surface area contributed by atoms with Crippen LogP contribution in [-0.2, 0) is 24.4 Å². The van der Waals surface area contributed by atoms with Crippen molar-refractivity contribution in [2.24, 2.45) is 0 Å². The summed E-state index contributed by atoms with van der Waals surface area (Å²) >= 11 is 0. The molecule has 3 aromatic carbocycles. The number of nitrogens with zero attached hydrogens (tertiary/aromatic N) is 1. The minimum atomic E-state index is -0.658. The van der Waals surface area contributed by atoms with Crippen LogP contribution in [0.2, 0.25) is 0 Å². The van der Waals surface area contributed by atoms with E-state index >= 15 is 0 Å². The Morgan fingerprint density at radius 2 is 1.71 bits per heavy atom. The molecule has 1 heterocycles. The first-order valence-corrected chi connectivity index (χ1v) is 11.3. The minimum Gasteiger partial charge on any atom is -0.493 e. The molecule has 0 aliphatic carbocycles. The monoisotopic (exact) mass is 465 g/mol. The van der Waals surface area contributed by atoms with Gasteiger partial charge in [0.25, 0.3) is 0 Å². The van der Waals surface area contributed by atoms with Crippen LogP contribution in [0.1, 0.15) is 16.7 Å². The Morgan fingerprint density at radius 3 is 2.50 bits per heavy atom. The van der Waals surface area contributed by atoms with Gasteiger partial charge >= 0.3 is 0 Å². The van der Waals surface area contributed by atoms with Crippen LogP contribution in [0.4, 0.5) is 0 Å². The van der Waals surface area contributed by atoms with Crippen molar-refractivity contribution in [3.63, 3.8) is 0 Å². The lowest BCUT2D eigenvalue weighted by atomic mass is 10.1. The number of ether oxygens (including phenoxy) is 5. The highest BCUT2D eigenvalue weighted by Gasteiger charge is 2.19. The molecule has 0 bridgehead atoms. The summed E-state index contributed by atoms with van der Waals surface area (Å²) in [6, 6.07) is 21.7. The number of rotatable bonds is 12. The maximum Gasteiger partial charge on any atom is 0.231 e. The van der Waals surface area contributed by atoms with E-state index in [4.69, 9.17) is 23.7 Å². The lowest BCUT2D eigenvalue weighted by molar-refractivity contribution is 0.00701. The van der Waals surface area contributed by atoms with E-state index < -0.39 is 6.10 Å². The van der Waals surface area contributed by atoms with E-state index in [-0.39, 0.29) is 13.4 Å². The standard InChI is InChI=1S/C27H31NO6/c1-30-25-10-6-9-22(27(25)31-2)15-28(14-21-11-12-24-26(13-21)34-19-33-24)16-23(29)18-32-17-20-7-4-3-5-8-20/h3-13,23,29H,14-19H2,1-2H3/t23-/m0/s1. The average Bonchev–Trinajstić information content (AvgIpc) is 3.32. The molecule has 0 radical (unpaired) electrons. The third-order valence-corrected chi connectivity index (χ3v) is 5.61. The summed E-state index contributed by atoms with van der Waals surface area (Å²) in [7, 11) is 3.26. The fourth-order valence-corrected chi connectivity index (χ4v) is 4.04. The van der Waals surface area contributed by atoms with Gasteiger partial charge in [-0.25, -0.2) is 0 Å². The normalized spacial score (nSPS) is 13.2. The van der Waals surface area contributed by atoms with E-state index in [0.717, 1.165) is 28.2 Å². The molecule has 4 rings (SSSR count). The van der Waals surface area contributed by atoms with Crippen LogP contribution < -0.4 is 18.9 Å². The van der Waals surface area contributed by atoms with E-state index in [1.54, 1.807) is 14.2 Å². The fourth-order valence-electron chi connectivity index (χ4n) is 4.04. The number of hydrogen-bond acceptors (Lipinski definition) is 7. The summed E-state index contributed by atoms with van der Waals surface area (Å²) in [5.41, 5.74) is 3.11. The highest BCUT2D eigenvalue weighted by Crippen LogP contribution is 2.34. The Labute approximate surface area is 200 Å². The first kappa shape index (κ1) is 23.9. The molecule has 0 spiro atoms. The molecule has 0 fully saturated rings. The van der Waals surface area contributed by atoms with Gasteiger partial charge in [-0.15, -0.1) is 0 Å². The molecule has 34 heavy (non-hydrogen) atoms. The third kappa shape index (κ3) is 6.20. The van der Waals surface area contributed by atoms with Gasteiger partial charge in [-0.1, -0.05) is 48.5 Å². The zero-order chi connectivity index (χ0) is 23.8. The van der Waals surface area contributed by atoms with E-state index in [0.29, 0.717) is 37.7 Å². The van der Waals surface area contributed by atoms with Crippen LogP contribution in [0.15, 0.2) is 66.7 Å². The van der Waals surface area contributed by atoms with Crippen LogP contribution in [0.3, 0.4) is 0 Å². The Bertz CT molecular complexity index is 1060. The zero-order valence-electron chi connectivity index (χ0n) is 19.6. The molecular formula is C27H31NO6. The molecule has 1 atom stereocenters. The number of aliphatic hydroxyl groups excluding tert-OH is 1. The largest absolute Gasteiger partial charge is 0.493 e. The molecule has 0 unspecified atom stereocenters. The molecule has 180 valence electrons. The molecule has 0 aromatic heterocycles. The van der Waals surface area contributed by atoms with Crippen molar-refractivity contribution >= 4 is 0 Å². The molecule has 0 saturated carbocycles. The molecule has 3 aromatic rings. The minimum absolute atomic E-state index is 0.237. The highest BCUT2D eigenvalue weighted by atomic mass is 16.7. The summed E-state index contributed by atoms with van der Waals surface area (Å²) in [6.07, 6.45) is -0.658. The van der Waals surface area contributed by atoms with E-state index in [1.807, 2.05) is 66.7 Å². The van der Waals surface area contributed by atoms with E-state index in [1.165, 1.54) is 0 Å². The zero-order valence-corrected chi connectivity index (χ0v) is 19.6. The summed E-state index contributed by atoms with van der Waals surface area (Å²) < 4.78 is 27.8. The van der Waals surface area contributed by atoms with Gasteiger partial charge in [-0.3, -0.25) is 4.90 Å². The quantitative estimate of drug-likeness (QED) is 0.433. The molecule has 7 heteroatoms. The van der Waals surface area contributed by atoms with Crippen LogP contribution in [0, 0.1) is 0 Å². The van der Waals surface area contributed by atoms with E-state index in [2.05, 4.69) is 4.90 Å². The molecular weight excluding hydrogens is 434 g/mol. The molecule has 1 aliphatic rings. The SMILES string of the molecule is COc1cccc(CN(Cc2ccc3c(c2)OCO3)C[C@H](O)COCc2ccccc2)c1OC. The van der Waals surface area contributed by atoms with Crippen LogP contribution in [-0.4, -0.2) is 50.3 Å². The van der Waals surface area contributed by atoms with Gasteiger partial charge in [0.05, 0.1) is 33.5 Å². The van der Waals surface area contributed by atoms with Crippen molar-refractivity contribution in [3.05, 3.63) is 83.4 Å². The Hall–Kier alpha value is -3.26. The molecule has 7 nitrogen and oxygen atoms in total. The van der Waals surface area contributed by atoms with Gasteiger partial charge in [0.15, 0.2) is 23.0 Å². The summed E-state index contributed by atoms with van der Waals surface area (Å²) in [5.74, 6) is 2.85. The lowest BCUT2D eigenvalue weighted by Gasteiger charge is -2.26. The number of methoxy groups -OCH3 is 2. The van der Waals surface area contributed by atoms with Gasteiger partial charge < -0.3 is 28.8 Å². The second-order valence-electron chi connectivity index (χ2n) is 8.16. The second-order valence-corrected chi connectivity index (χ2v) is 8.16. The van der Waals surface area contributed by atoms with Crippen molar-refractivity contribution < 1.29 is 28.8 Å². The lowest BCUT2D eigenvalue weighted by Crippen LogP contribution is -2.34. The molecule has 1 N–H and O–H groups in total. The predicted molar refractivity (Wildman–Crippen MR) is 128 cm³/mol. The van der Waals surface area contributed by atoms with Gasteiger partial charge in [0.1, 0.15) is 0 Å². The van der Waals surface area contributed by atoms with Crippen LogP contribution >= 0.6 is 0 Å². The summed E-state index contributed by atoms with van der Waals surface area (Å²) in [6.45, 7) is 2.52. The highest BCUT2D eigenvalue weighted by molar-refractivity contribution is 5.47. The van der Waals surface area contributed by atoms with Crippen molar-refractivity contribution in [2.75, 3.05) is 34.2 Å². The van der Waals surface area contributed by atoms with Crippen LogP contribution in [0.25, 0.3) is 0 Å². The fraction of sp³-hybridized carbons (Fsp3) is 0.333. The Morgan fingerprint density at radius 1 is 0.882 bits per heavy atom. The Balaban J connectivity index is 1.45. The molecule has 1 aliphatic heterocycles. The Kier molecular flexibility index (Phi) is 8.25. The summed E-state index contributed by atoms with van der Waals surface area (Å²) in [4.78, 5) is 2.16. The van der Waals surface area contributed by atoms with Gasteiger partial charge in [0.2, 0.25) is 6.79 Å². The third-order valence-electron chi connectivity index (χ3n) is 5.61. The number of benzene rings is 3. The maximum absolute atomic E-state index is 10.8. The number of fused-ring (bicyclic) bond motifs is 1. The topological polar surface area (TPSA) is 69.6 Å². The van der Waals surface area contributed by atoms with Crippen molar-refractivity contribution in [1.29, 1.82) is 0 Å². The van der Waals surface area contributed by atoms with Crippen molar-refractivity contribution in [1.82, 2.24) is 4.90 Å². The van der Waals surface area contributed by atoms with E-state index in [9.17, 15) is 5.11 Å². The average molecular weight is 466 g/mol. The van der Waals surface area contributed by atoms with Gasteiger partial charge in [-0.05, 0) is 29.3 Å². The first-order valence-electron chi connectivity index (χ1n) is 11.3. The predicted octanol–water partition coefficient (Wildman–Crippen LogP) is 4.01. The molecule has 0 saturated heterocycles.